The topological polar surface area (TPSA) is 119 Å². The van der Waals surface area contributed by atoms with Crippen LogP contribution in [-0.2, 0) is 9.47 Å². The molecule has 176 valence electrons. The van der Waals surface area contributed by atoms with Gasteiger partial charge < -0.3 is 31.2 Å². The quantitative estimate of drug-likeness (QED) is 0.289. The molecular formula is C24H33N7O2. The molecule has 1 heterocycles. The van der Waals surface area contributed by atoms with Crippen LogP contribution in [0.4, 0.5) is 23.5 Å². The molecule has 0 saturated heterocycles. The second-order valence-corrected chi connectivity index (χ2v) is 8.06. The van der Waals surface area contributed by atoms with Crippen molar-refractivity contribution in [3.05, 3.63) is 42.5 Å². The summed E-state index contributed by atoms with van der Waals surface area (Å²) in [5, 5.41) is 12.4. The van der Waals surface area contributed by atoms with Crippen molar-refractivity contribution in [2.24, 2.45) is 5.73 Å². The summed E-state index contributed by atoms with van der Waals surface area (Å²) in [6.45, 7) is 3.25. The lowest BCUT2D eigenvalue weighted by Crippen LogP contribution is -2.19. The van der Waals surface area contributed by atoms with E-state index in [0.29, 0.717) is 63.4 Å². The van der Waals surface area contributed by atoms with Gasteiger partial charge in [-0.2, -0.15) is 15.0 Å². The summed E-state index contributed by atoms with van der Waals surface area (Å²) in [7, 11) is 0. The molecule has 9 nitrogen and oxygen atoms in total. The molecule has 1 fully saturated rings. The fourth-order valence-corrected chi connectivity index (χ4v) is 3.86. The number of hydrogen-bond donors (Lipinski definition) is 4. The zero-order valence-electron chi connectivity index (χ0n) is 18.9. The fraction of sp³-hybridized carbons (Fsp3) is 0.458. The van der Waals surface area contributed by atoms with Crippen LogP contribution in [0.25, 0.3) is 10.8 Å². The van der Waals surface area contributed by atoms with Crippen LogP contribution >= 0.6 is 0 Å². The Hall–Kier alpha value is -3.01. The zero-order chi connectivity index (χ0) is 22.7. The van der Waals surface area contributed by atoms with Gasteiger partial charge in [0, 0.05) is 24.8 Å². The minimum absolute atomic E-state index is 0.408. The molecule has 0 atom stereocenters. The third-order valence-electron chi connectivity index (χ3n) is 5.49. The molecule has 3 aromatic rings. The van der Waals surface area contributed by atoms with Crippen LogP contribution in [0.1, 0.15) is 25.7 Å². The Morgan fingerprint density at radius 3 is 2.36 bits per heavy atom. The number of aromatic nitrogens is 3. The van der Waals surface area contributed by atoms with E-state index in [4.69, 9.17) is 15.2 Å². The number of nitrogens with one attached hydrogen (secondary N) is 3. The van der Waals surface area contributed by atoms with Gasteiger partial charge in [0.05, 0.1) is 26.4 Å². The van der Waals surface area contributed by atoms with Crippen molar-refractivity contribution in [1.29, 1.82) is 0 Å². The summed E-state index contributed by atoms with van der Waals surface area (Å²) in [5.74, 6) is 1.59. The van der Waals surface area contributed by atoms with Gasteiger partial charge in [-0.05, 0) is 35.7 Å². The summed E-state index contributed by atoms with van der Waals surface area (Å²) in [6, 6.07) is 14.9. The van der Waals surface area contributed by atoms with Crippen LogP contribution in [0.15, 0.2) is 42.5 Å². The van der Waals surface area contributed by atoms with Gasteiger partial charge in [0.1, 0.15) is 0 Å². The number of ether oxygens (including phenoxy) is 2. The zero-order valence-corrected chi connectivity index (χ0v) is 18.9. The van der Waals surface area contributed by atoms with Gasteiger partial charge in [0.2, 0.25) is 17.8 Å². The predicted molar refractivity (Wildman–Crippen MR) is 132 cm³/mol. The molecular weight excluding hydrogens is 418 g/mol. The van der Waals surface area contributed by atoms with Crippen LogP contribution in [0.3, 0.4) is 0 Å². The van der Waals surface area contributed by atoms with Gasteiger partial charge in [-0.15, -0.1) is 0 Å². The minimum Gasteiger partial charge on any atom is -0.378 e. The lowest BCUT2D eigenvalue weighted by molar-refractivity contribution is 0.0547. The Bertz CT molecular complexity index is 1010. The van der Waals surface area contributed by atoms with Crippen LogP contribution in [0.2, 0.25) is 0 Å². The van der Waals surface area contributed by atoms with Gasteiger partial charge in [0.25, 0.3) is 0 Å². The number of fused-ring (bicyclic) bond motifs is 1. The second-order valence-electron chi connectivity index (χ2n) is 8.06. The van der Waals surface area contributed by atoms with Crippen LogP contribution < -0.4 is 21.7 Å². The minimum atomic E-state index is 0.408. The van der Waals surface area contributed by atoms with E-state index >= 15 is 0 Å². The Morgan fingerprint density at radius 2 is 1.55 bits per heavy atom. The summed E-state index contributed by atoms with van der Waals surface area (Å²) < 4.78 is 10.9. The van der Waals surface area contributed by atoms with E-state index in [-0.39, 0.29) is 0 Å². The van der Waals surface area contributed by atoms with E-state index in [1.165, 1.54) is 18.2 Å². The van der Waals surface area contributed by atoms with Crippen molar-refractivity contribution in [2.45, 2.75) is 31.7 Å². The van der Waals surface area contributed by atoms with Gasteiger partial charge in [-0.1, -0.05) is 43.2 Å². The van der Waals surface area contributed by atoms with Crippen molar-refractivity contribution >= 4 is 34.3 Å². The number of anilines is 4. The lowest BCUT2D eigenvalue weighted by Gasteiger charge is -2.15. The number of benzene rings is 2. The second kappa shape index (κ2) is 12.3. The van der Waals surface area contributed by atoms with Gasteiger partial charge in [0.15, 0.2) is 0 Å². The molecule has 0 spiro atoms. The highest BCUT2D eigenvalue weighted by atomic mass is 16.5. The van der Waals surface area contributed by atoms with Gasteiger partial charge in [-0.25, -0.2) is 0 Å². The van der Waals surface area contributed by atoms with E-state index < -0.39 is 0 Å². The summed E-state index contributed by atoms with van der Waals surface area (Å²) in [4.78, 5) is 13.7. The monoisotopic (exact) mass is 451 g/mol. The van der Waals surface area contributed by atoms with E-state index in [0.717, 1.165) is 23.9 Å². The Kier molecular flexibility index (Phi) is 8.62. The number of rotatable bonds is 13. The molecule has 1 aliphatic carbocycles. The maximum absolute atomic E-state index is 5.58. The van der Waals surface area contributed by atoms with Crippen molar-refractivity contribution < 1.29 is 9.47 Å². The predicted octanol–water partition coefficient (Wildman–Crippen LogP) is 3.53. The van der Waals surface area contributed by atoms with Crippen LogP contribution in [-0.4, -0.2) is 60.5 Å². The molecule has 4 rings (SSSR count). The first-order valence-corrected chi connectivity index (χ1v) is 11.7. The lowest BCUT2D eigenvalue weighted by atomic mass is 10.1. The molecule has 0 aliphatic heterocycles. The summed E-state index contributed by atoms with van der Waals surface area (Å²) in [5.41, 5.74) is 6.33. The number of nitrogens with two attached hydrogens (primary N) is 1. The normalized spacial score (nSPS) is 14.0. The van der Waals surface area contributed by atoms with E-state index in [2.05, 4.69) is 55.2 Å². The molecule has 0 bridgehead atoms. The SMILES string of the molecule is NCCOCCOCCNc1nc(Nc2ccc3ccccc3c2)nc(NC2CCCC2)n1. The highest BCUT2D eigenvalue weighted by Crippen LogP contribution is 2.24. The molecule has 1 saturated carbocycles. The fourth-order valence-electron chi connectivity index (χ4n) is 3.86. The van der Waals surface area contributed by atoms with Gasteiger partial charge >= 0.3 is 0 Å². The molecule has 1 aromatic heterocycles. The molecule has 9 heteroatoms. The summed E-state index contributed by atoms with van der Waals surface area (Å²) >= 11 is 0. The average Bonchev–Trinajstić information content (AvgIpc) is 3.34. The molecule has 0 unspecified atom stereocenters. The standard InChI is InChI=1S/C24H33N7O2/c25-11-13-32-15-16-33-14-12-26-22-29-23(27-20-7-3-4-8-20)31-24(30-22)28-21-10-9-18-5-1-2-6-19(18)17-21/h1-2,5-6,9-10,17,20H,3-4,7-8,11-16,25H2,(H3,26,27,28,29,30,31). The van der Waals surface area contributed by atoms with E-state index in [1.54, 1.807) is 0 Å². The molecule has 0 radical (unpaired) electrons. The van der Waals surface area contributed by atoms with Crippen molar-refractivity contribution in [2.75, 3.05) is 55.5 Å². The average molecular weight is 452 g/mol. The first-order valence-electron chi connectivity index (χ1n) is 11.7. The third kappa shape index (κ3) is 7.24. The van der Waals surface area contributed by atoms with Crippen LogP contribution in [0, 0.1) is 0 Å². The van der Waals surface area contributed by atoms with Crippen molar-refractivity contribution in [3.63, 3.8) is 0 Å². The van der Waals surface area contributed by atoms with Crippen molar-refractivity contribution in [1.82, 2.24) is 15.0 Å². The smallest absolute Gasteiger partial charge is 0.233 e. The molecule has 33 heavy (non-hydrogen) atoms. The first-order chi connectivity index (χ1) is 16.3. The first kappa shape index (κ1) is 23.2. The molecule has 0 amide bonds. The maximum Gasteiger partial charge on any atom is 0.233 e. The third-order valence-corrected chi connectivity index (χ3v) is 5.49. The maximum atomic E-state index is 5.58. The number of nitrogens with zero attached hydrogens (tertiary/aromatic N) is 3. The van der Waals surface area contributed by atoms with Gasteiger partial charge in [-0.3, -0.25) is 0 Å². The van der Waals surface area contributed by atoms with E-state index in [1.807, 2.05) is 18.2 Å². The Labute approximate surface area is 194 Å². The number of hydrogen-bond acceptors (Lipinski definition) is 9. The van der Waals surface area contributed by atoms with Crippen LogP contribution in [0.5, 0.6) is 0 Å². The largest absolute Gasteiger partial charge is 0.378 e. The molecule has 1 aliphatic rings. The summed E-state index contributed by atoms with van der Waals surface area (Å²) in [6.07, 6.45) is 4.76. The highest BCUT2D eigenvalue weighted by molar-refractivity contribution is 5.86. The van der Waals surface area contributed by atoms with E-state index in [9.17, 15) is 0 Å². The highest BCUT2D eigenvalue weighted by Gasteiger charge is 2.17. The Balaban J connectivity index is 1.39. The molecule has 2 aromatic carbocycles. The Morgan fingerprint density at radius 1 is 0.818 bits per heavy atom. The van der Waals surface area contributed by atoms with Crippen molar-refractivity contribution in [3.8, 4) is 0 Å². The molecule has 5 N–H and O–H groups in total.